The van der Waals surface area contributed by atoms with E-state index in [-0.39, 0.29) is 18.6 Å². The highest BCUT2D eigenvalue weighted by molar-refractivity contribution is 6.30. The molecule has 0 aromatic heterocycles. The number of nitrogens with zero attached hydrogens (tertiary/aromatic N) is 1. The van der Waals surface area contributed by atoms with Gasteiger partial charge in [0.25, 0.3) is 0 Å². The van der Waals surface area contributed by atoms with Crippen LogP contribution in [0.5, 0.6) is 5.75 Å². The number of fused-ring (bicyclic) bond motifs is 1. The van der Waals surface area contributed by atoms with E-state index in [1.807, 2.05) is 30.1 Å². The van der Waals surface area contributed by atoms with Crippen LogP contribution in [0.3, 0.4) is 0 Å². The Morgan fingerprint density at radius 3 is 3.11 bits per heavy atom. The molecule has 4 nitrogen and oxygen atoms in total. The van der Waals surface area contributed by atoms with Gasteiger partial charge >= 0.3 is 5.97 Å². The van der Waals surface area contributed by atoms with Gasteiger partial charge in [0.05, 0.1) is 13.2 Å². The summed E-state index contributed by atoms with van der Waals surface area (Å²) in [5.74, 6) is 0.683. The lowest BCUT2D eigenvalue weighted by molar-refractivity contribution is -0.144. The van der Waals surface area contributed by atoms with E-state index in [2.05, 4.69) is 0 Å². The minimum atomic E-state index is -0.205. The van der Waals surface area contributed by atoms with Crippen molar-refractivity contribution in [3.8, 4) is 5.75 Å². The highest BCUT2D eigenvalue weighted by Gasteiger charge is 2.24. The van der Waals surface area contributed by atoms with Gasteiger partial charge in [0.1, 0.15) is 11.9 Å². The molecule has 2 rings (SSSR count). The predicted molar refractivity (Wildman–Crippen MR) is 73.7 cm³/mol. The average Bonchev–Trinajstić information content (AvgIpc) is 2.70. The van der Waals surface area contributed by atoms with Gasteiger partial charge in [-0.1, -0.05) is 11.6 Å². The Morgan fingerprint density at radius 1 is 1.58 bits per heavy atom. The number of esters is 1. The van der Waals surface area contributed by atoms with Crippen molar-refractivity contribution < 1.29 is 14.3 Å². The van der Waals surface area contributed by atoms with E-state index in [1.165, 1.54) is 0 Å². The molecular formula is C14H18ClNO3. The minimum Gasteiger partial charge on any atom is -0.488 e. The van der Waals surface area contributed by atoms with Crippen molar-refractivity contribution in [2.45, 2.75) is 19.4 Å². The van der Waals surface area contributed by atoms with Gasteiger partial charge in [-0.25, -0.2) is 0 Å². The Balaban J connectivity index is 1.84. The topological polar surface area (TPSA) is 38.8 Å². The maximum atomic E-state index is 11.4. The van der Waals surface area contributed by atoms with Crippen LogP contribution in [0.2, 0.25) is 5.02 Å². The lowest BCUT2D eigenvalue weighted by Gasteiger charge is -2.19. The number of halogens is 1. The molecule has 1 atom stereocenters. The summed E-state index contributed by atoms with van der Waals surface area (Å²) in [6, 6.07) is 5.65. The summed E-state index contributed by atoms with van der Waals surface area (Å²) < 4.78 is 10.7. The van der Waals surface area contributed by atoms with Gasteiger partial charge in [-0.05, 0) is 37.7 Å². The van der Waals surface area contributed by atoms with Crippen molar-refractivity contribution in [3.05, 3.63) is 28.8 Å². The zero-order chi connectivity index (χ0) is 13.8. The van der Waals surface area contributed by atoms with E-state index in [0.29, 0.717) is 13.2 Å². The molecule has 1 aromatic carbocycles. The second kappa shape index (κ2) is 6.26. The molecule has 5 heteroatoms. The van der Waals surface area contributed by atoms with Crippen LogP contribution in [0.25, 0.3) is 0 Å². The summed E-state index contributed by atoms with van der Waals surface area (Å²) in [6.45, 7) is 3.19. The molecule has 0 spiro atoms. The third-order valence-electron chi connectivity index (χ3n) is 2.98. The second-order valence-corrected chi connectivity index (χ2v) is 5.13. The van der Waals surface area contributed by atoms with Crippen LogP contribution in [0.1, 0.15) is 12.5 Å². The van der Waals surface area contributed by atoms with Crippen molar-refractivity contribution in [1.82, 2.24) is 4.90 Å². The fraction of sp³-hybridized carbons (Fsp3) is 0.500. The van der Waals surface area contributed by atoms with Gasteiger partial charge in [0.2, 0.25) is 0 Å². The Kier molecular flexibility index (Phi) is 4.66. The van der Waals surface area contributed by atoms with E-state index in [0.717, 1.165) is 22.8 Å². The van der Waals surface area contributed by atoms with Crippen molar-refractivity contribution in [2.24, 2.45) is 0 Å². The molecule has 0 radical (unpaired) electrons. The third-order valence-corrected chi connectivity index (χ3v) is 3.22. The molecule has 1 unspecified atom stereocenters. The quantitative estimate of drug-likeness (QED) is 0.776. The van der Waals surface area contributed by atoms with Crippen molar-refractivity contribution in [3.63, 3.8) is 0 Å². The standard InChI is InChI=1S/C14H18ClNO3/c1-3-18-14(17)9-16(2)8-12-7-10-6-11(15)4-5-13(10)19-12/h4-6,12H,3,7-9H2,1-2H3. The minimum absolute atomic E-state index is 0.0629. The van der Waals surface area contributed by atoms with Crippen LogP contribution < -0.4 is 4.74 Å². The van der Waals surface area contributed by atoms with Crippen molar-refractivity contribution >= 4 is 17.6 Å². The van der Waals surface area contributed by atoms with Gasteiger partial charge < -0.3 is 9.47 Å². The molecular weight excluding hydrogens is 266 g/mol. The fourth-order valence-corrected chi connectivity index (χ4v) is 2.42. The molecule has 0 saturated carbocycles. The molecule has 0 amide bonds. The average molecular weight is 284 g/mol. The second-order valence-electron chi connectivity index (χ2n) is 4.70. The van der Waals surface area contributed by atoms with Crippen LogP contribution in [0.15, 0.2) is 18.2 Å². The zero-order valence-corrected chi connectivity index (χ0v) is 11.9. The van der Waals surface area contributed by atoms with Crippen LogP contribution >= 0.6 is 11.6 Å². The molecule has 1 aliphatic heterocycles. The Morgan fingerprint density at radius 2 is 2.37 bits per heavy atom. The van der Waals surface area contributed by atoms with Gasteiger partial charge in [0, 0.05) is 18.0 Å². The van der Waals surface area contributed by atoms with E-state index in [9.17, 15) is 4.79 Å². The molecule has 0 saturated heterocycles. The molecule has 1 heterocycles. The molecule has 19 heavy (non-hydrogen) atoms. The first-order valence-electron chi connectivity index (χ1n) is 6.37. The number of likely N-dealkylation sites (N-methyl/N-ethyl adjacent to an activating group) is 1. The lowest BCUT2D eigenvalue weighted by atomic mass is 10.1. The molecule has 1 aromatic rings. The number of rotatable bonds is 5. The maximum Gasteiger partial charge on any atom is 0.320 e. The maximum absolute atomic E-state index is 11.4. The van der Waals surface area contributed by atoms with Gasteiger partial charge in [-0.3, -0.25) is 9.69 Å². The van der Waals surface area contributed by atoms with Crippen LogP contribution in [0.4, 0.5) is 0 Å². The summed E-state index contributed by atoms with van der Waals surface area (Å²) >= 11 is 5.95. The number of carbonyl (C=O) groups excluding carboxylic acids is 1. The smallest absolute Gasteiger partial charge is 0.320 e. The van der Waals surface area contributed by atoms with E-state index in [4.69, 9.17) is 21.1 Å². The zero-order valence-electron chi connectivity index (χ0n) is 11.2. The monoisotopic (exact) mass is 283 g/mol. The summed E-state index contributed by atoms with van der Waals surface area (Å²) in [4.78, 5) is 13.3. The van der Waals surface area contributed by atoms with Gasteiger partial charge in [-0.2, -0.15) is 0 Å². The summed E-state index contributed by atoms with van der Waals surface area (Å²) in [6.07, 6.45) is 0.885. The SMILES string of the molecule is CCOC(=O)CN(C)CC1Cc2cc(Cl)ccc2O1. The normalized spacial score (nSPS) is 17.2. The number of hydrogen-bond donors (Lipinski definition) is 0. The first-order chi connectivity index (χ1) is 9.08. The summed E-state index contributed by atoms with van der Waals surface area (Å²) in [5, 5.41) is 0.725. The number of benzene rings is 1. The Labute approximate surface area is 118 Å². The Hall–Kier alpha value is -1.26. The van der Waals surface area contributed by atoms with Gasteiger partial charge in [0.15, 0.2) is 0 Å². The van der Waals surface area contributed by atoms with E-state index < -0.39 is 0 Å². The largest absolute Gasteiger partial charge is 0.488 e. The first-order valence-corrected chi connectivity index (χ1v) is 6.75. The number of hydrogen-bond acceptors (Lipinski definition) is 4. The highest BCUT2D eigenvalue weighted by atomic mass is 35.5. The third kappa shape index (κ3) is 3.85. The fourth-order valence-electron chi connectivity index (χ4n) is 2.23. The highest BCUT2D eigenvalue weighted by Crippen LogP contribution is 2.31. The molecule has 0 fully saturated rings. The first kappa shape index (κ1) is 14.2. The lowest BCUT2D eigenvalue weighted by Crippen LogP contribution is -2.36. The number of ether oxygens (including phenoxy) is 2. The van der Waals surface area contributed by atoms with Crippen molar-refractivity contribution in [2.75, 3.05) is 26.7 Å². The van der Waals surface area contributed by atoms with Crippen molar-refractivity contribution in [1.29, 1.82) is 0 Å². The van der Waals surface area contributed by atoms with Crippen LogP contribution in [-0.2, 0) is 16.0 Å². The molecule has 0 bridgehead atoms. The summed E-state index contributed by atoms with van der Waals surface area (Å²) in [5.41, 5.74) is 1.13. The number of carbonyl (C=O) groups is 1. The summed E-state index contributed by atoms with van der Waals surface area (Å²) in [7, 11) is 1.89. The van der Waals surface area contributed by atoms with Gasteiger partial charge in [-0.15, -0.1) is 0 Å². The predicted octanol–water partition coefficient (Wildman–Crippen LogP) is 2.14. The van der Waals surface area contributed by atoms with E-state index >= 15 is 0 Å². The molecule has 1 aliphatic rings. The van der Waals surface area contributed by atoms with Crippen LogP contribution in [0, 0.1) is 0 Å². The van der Waals surface area contributed by atoms with Crippen LogP contribution in [-0.4, -0.2) is 43.7 Å². The molecule has 0 aliphatic carbocycles. The Bertz CT molecular complexity index is 464. The molecule has 0 N–H and O–H groups in total. The van der Waals surface area contributed by atoms with E-state index in [1.54, 1.807) is 6.92 Å². The molecule has 104 valence electrons.